The van der Waals surface area contributed by atoms with E-state index in [0.717, 1.165) is 37.8 Å². The topological polar surface area (TPSA) is 74.7 Å². The third kappa shape index (κ3) is 2.61. The maximum Gasteiger partial charge on any atom is 0.337 e. The van der Waals surface area contributed by atoms with Gasteiger partial charge < -0.3 is 14.2 Å². The fourth-order valence-corrected chi connectivity index (χ4v) is 4.16. The van der Waals surface area contributed by atoms with Crippen LogP contribution in [-0.4, -0.2) is 27.7 Å². The number of carboxylic acids is 1. The molecule has 0 radical (unpaired) electrons. The lowest BCUT2D eigenvalue weighted by molar-refractivity contribution is -0.0593. The molecule has 2 aromatic rings. The van der Waals surface area contributed by atoms with E-state index >= 15 is 0 Å². The molecule has 5 heteroatoms. The van der Waals surface area contributed by atoms with E-state index in [1.54, 1.807) is 6.20 Å². The van der Waals surface area contributed by atoms with Gasteiger partial charge in [0, 0.05) is 24.6 Å². The van der Waals surface area contributed by atoms with Crippen LogP contribution < -0.4 is 0 Å². The summed E-state index contributed by atoms with van der Waals surface area (Å²) in [7, 11) is 0. The number of carboxylic acid groups (broad SMARTS) is 1. The number of rotatable bonds is 3. The summed E-state index contributed by atoms with van der Waals surface area (Å²) in [5.74, 6) is -0.563. The van der Waals surface area contributed by atoms with E-state index in [4.69, 9.17) is 4.74 Å². The van der Waals surface area contributed by atoms with Crippen LogP contribution in [0, 0.1) is 11.3 Å². The molecule has 1 N–H and O–H groups in total. The lowest BCUT2D eigenvalue weighted by Gasteiger charge is -2.35. The Kier molecular flexibility index (Phi) is 3.45. The van der Waals surface area contributed by atoms with Gasteiger partial charge in [-0.1, -0.05) is 6.07 Å². The summed E-state index contributed by atoms with van der Waals surface area (Å²) in [6.07, 6.45) is 7.08. The zero-order chi connectivity index (χ0) is 17.8. The van der Waals surface area contributed by atoms with Gasteiger partial charge in [-0.15, -0.1) is 0 Å². The molecule has 1 saturated heterocycles. The van der Waals surface area contributed by atoms with Gasteiger partial charge in [-0.3, -0.25) is 0 Å². The summed E-state index contributed by atoms with van der Waals surface area (Å²) in [5, 5.41) is 19.1. The molecule has 4 rings (SSSR count). The van der Waals surface area contributed by atoms with Crippen molar-refractivity contribution in [3.05, 3.63) is 41.2 Å². The molecule has 0 bridgehead atoms. The fourth-order valence-electron chi connectivity index (χ4n) is 4.16. The quantitative estimate of drug-likeness (QED) is 0.922. The first-order valence-electron chi connectivity index (χ1n) is 8.79. The van der Waals surface area contributed by atoms with Crippen molar-refractivity contribution < 1.29 is 14.6 Å². The number of carbonyl (C=O) groups is 1. The summed E-state index contributed by atoms with van der Waals surface area (Å²) in [4.78, 5) is 11.7. The van der Waals surface area contributed by atoms with Crippen molar-refractivity contribution in [2.75, 3.05) is 6.61 Å². The van der Waals surface area contributed by atoms with Crippen LogP contribution in [0.5, 0.6) is 0 Å². The molecule has 5 nitrogen and oxygen atoms in total. The SMILES string of the molecule is CC1(C)C[C@@H](c2ccc3c(C4(C#N)CC4)c(C(=O)O)cn3c2)CCO1. The Morgan fingerprint density at radius 3 is 2.72 bits per heavy atom. The second-order valence-corrected chi connectivity index (χ2v) is 7.97. The Bertz CT molecular complexity index is 900. The first-order chi connectivity index (χ1) is 11.9. The van der Waals surface area contributed by atoms with Crippen molar-refractivity contribution in [3.63, 3.8) is 0 Å². The maximum absolute atomic E-state index is 11.7. The predicted octanol–water partition coefficient (Wildman–Crippen LogP) is 3.87. The number of aromatic carboxylic acids is 1. The summed E-state index contributed by atoms with van der Waals surface area (Å²) in [5.41, 5.74) is 2.22. The largest absolute Gasteiger partial charge is 0.478 e. The van der Waals surface area contributed by atoms with Gasteiger partial charge in [0.1, 0.15) is 0 Å². The van der Waals surface area contributed by atoms with Crippen LogP contribution in [0.3, 0.4) is 0 Å². The lowest BCUT2D eigenvalue weighted by Crippen LogP contribution is -2.33. The number of fused-ring (bicyclic) bond motifs is 1. The fraction of sp³-hybridized carbons (Fsp3) is 0.500. The molecule has 2 aromatic heterocycles. The molecule has 0 spiro atoms. The highest BCUT2D eigenvalue weighted by Crippen LogP contribution is 2.51. The molecule has 130 valence electrons. The normalized spacial score (nSPS) is 24.0. The van der Waals surface area contributed by atoms with Crippen molar-refractivity contribution in [1.29, 1.82) is 5.26 Å². The van der Waals surface area contributed by atoms with Crippen LogP contribution in [0.2, 0.25) is 0 Å². The lowest BCUT2D eigenvalue weighted by atomic mass is 9.84. The minimum atomic E-state index is -0.964. The second kappa shape index (κ2) is 5.34. The summed E-state index contributed by atoms with van der Waals surface area (Å²) < 4.78 is 7.70. The monoisotopic (exact) mass is 338 g/mol. The minimum absolute atomic E-state index is 0.134. The van der Waals surface area contributed by atoms with Crippen LogP contribution in [0.1, 0.15) is 66.9 Å². The second-order valence-electron chi connectivity index (χ2n) is 7.97. The third-order valence-electron chi connectivity index (χ3n) is 5.64. The molecule has 3 heterocycles. The summed E-state index contributed by atoms with van der Waals surface area (Å²) in [6.45, 7) is 4.96. The van der Waals surface area contributed by atoms with E-state index in [1.165, 1.54) is 5.56 Å². The van der Waals surface area contributed by atoms with E-state index in [-0.39, 0.29) is 11.2 Å². The Balaban J connectivity index is 1.80. The zero-order valence-electron chi connectivity index (χ0n) is 14.6. The molecule has 1 aliphatic carbocycles. The molecule has 1 atom stereocenters. The summed E-state index contributed by atoms with van der Waals surface area (Å²) >= 11 is 0. The first-order valence-corrected chi connectivity index (χ1v) is 8.79. The smallest absolute Gasteiger partial charge is 0.337 e. The molecule has 2 aliphatic rings. The van der Waals surface area contributed by atoms with Gasteiger partial charge in [-0.25, -0.2) is 4.79 Å². The Hall–Kier alpha value is -2.32. The highest BCUT2D eigenvalue weighted by Gasteiger charge is 2.49. The van der Waals surface area contributed by atoms with Crippen molar-refractivity contribution >= 4 is 11.5 Å². The van der Waals surface area contributed by atoms with Crippen LogP contribution >= 0.6 is 0 Å². The number of nitriles is 1. The van der Waals surface area contributed by atoms with Crippen LogP contribution in [0.4, 0.5) is 0 Å². The van der Waals surface area contributed by atoms with E-state index in [0.29, 0.717) is 11.5 Å². The number of hydrogen-bond acceptors (Lipinski definition) is 3. The van der Waals surface area contributed by atoms with Gasteiger partial charge in [0.2, 0.25) is 0 Å². The van der Waals surface area contributed by atoms with E-state index in [9.17, 15) is 15.2 Å². The van der Waals surface area contributed by atoms with Gasteiger partial charge in [-0.2, -0.15) is 5.26 Å². The highest BCUT2D eigenvalue weighted by atomic mass is 16.5. The number of hydrogen-bond donors (Lipinski definition) is 1. The van der Waals surface area contributed by atoms with Crippen molar-refractivity contribution in [2.24, 2.45) is 0 Å². The number of aromatic nitrogens is 1. The molecular weight excluding hydrogens is 316 g/mol. The van der Waals surface area contributed by atoms with E-state index in [1.807, 2.05) is 16.7 Å². The minimum Gasteiger partial charge on any atom is -0.478 e. The average Bonchev–Trinajstić information content (AvgIpc) is 3.26. The van der Waals surface area contributed by atoms with Gasteiger partial charge >= 0.3 is 5.97 Å². The van der Waals surface area contributed by atoms with E-state index in [2.05, 4.69) is 26.0 Å². The molecule has 1 aliphatic heterocycles. The van der Waals surface area contributed by atoms with E-state index < -0.39 is 11.4 Å². The number of nitrogens with zero attached hydrogens (tertiary/aromatic N) is 2. The highest BCUT2D eigenvalue weighted by molar-refractivity contribution is 5.94. The van der Waals surface area contributed by atoms with Gasteiger partial charge in [0.15, 0.2) is 0 Å². The Morgan fingerprint density at radius 2 is 2.12 bits per heavy atom. The Morgan fingerprint density at radius 1 is 1.36 bits per heavy atom. The van der Waals surface area contributed by atoms with Gasteiger partial charge in [-0.05, 0) is 57.1 Å². The van der Waals surface area contributed by atoms with Crippen molar-refractivity contribution in [1.82, 2.24) is 4.40 Å². The molecule has 0 amide bonds. The molecule has 0 unspecified atom stereocenters. The maximum atomic E-state index is 11.7. The molecule has 2 fully saturated rings. The molecule has 0 aromatic carbocycles. The number of ether oxygens (including phenoxy) is 1. The summed E-state index contributed by atoms with van der Waals surface area (Å²) in [6, 6.07) is 6.41. The van der Waals surface area contributed by atoms with Crippen molar-refractivity contribution in [2.45, 2.75) is 56.5 Å². The van der Waals surface area contributed by atoms with Crippen LogP contribution in [0.15, 0.2) is 24.5 Å². The molecule has 25 heavy (non-hydrogen) atoms. The zero-order valence-corrected chi connectivity index (χ0v) is 14.6. The van der Waals surface area contributed by atoms with Gasteiger partial charge in [0.25, 0.3) is 0 Å². The van der Waals surface area contributed by atoms with Crippen LogP contribution in [-0.2, 0) is 10.2 Å². The Labute approximate surface area is 146 Å². The number of pyridine rings is 1. The predicted molar refractivity (Wildman–Crippen MR) is 92.9 cm³/mol. The van der Waals surface area contributed by atoms with Gasteiger partial charge in [0.05, 0.1) is 28.2 Å². The average molecular weight is 338 g/mol. The van der Waals surface area contributed by atoms with Crippen molar-refractivity contribution in [3.8, 4) is 6.07 Å². The third-order valence-corrected chi connectivity index (χ3v) is 5.64. The molecule has 1 saturated carbocycles. The standard InChI is InChI=1S/C20H22N2O3/c1-19(2)9-13(5-8-25-19)14-3-4-16-17(20(12-21)6-7-20)15(18(23)24)11-22(16)10-14/h3-4,10-11,13H,5-9H2,1-2H3,(H,23,24)/t13-/m0/s1. The molecular formula is C20H22N2O3. The van der Waals surface area contributed by atoms with Crippen LogP contribution in [0.25, 0.3) is 5.52 Å². The first kappa shape index (κ1) is 16.2.